The summed E-state index contributed by atoms with van der Waals surface area (Å²) in [4.78, 5) is 15.8. The normalized spacial score (nSPS) is 16.8. The van der Waals surface area contributed by atoms with Gasteiger partial charge >= 0.3 is 6.03 Å². The van der Waals surface area contributed by atoms with Gasteiger partial charge in [-0.05, 0) is 37.6 Å². The van der Waals surface area contributed by atoms with Crippen molar-refractivity contribution in [1.29, 1.82) is 0 Å². The maximum absolute atomic E-state index is 12.1. The van der Waals surface area contributed by atoms with E-state index in [4.69, 9.17) is 0 Å². The molecular formula is C12H15BrN2O. The summed E-state index contributed by atoms with van der Waals surface area (Å²) in [6, 6.07) is 8.00. The number of amides is 2. The summed E-state index contributed by atoms with van der Waals surface area (Å²) >= 11 is 3.40. The highest BCUT2D eigenvalue weighted by atomic mass is 79.9. The fourth-order valence-corrected chi connectivity index (χ4v) is 2.20. The van der Waals surface area contributed by atoms with Crippen LogP contribution in [0.2, 0.25) is 0 Å². The molecule has 0 aromatic heterocycles. The van der Waals surface area contributed by atoms with Crippen molar-refractivity contribution in [2.45, 2.75) is 13.3 Å². The van der Waals surface area contributed by atoms with Gasteiger partial charge in [-0.3, -0.25) is 4.90 Å². The molecule has 1 saturated heterocycles. The number of hydrogen-bond acceptors (Lipinski definition) is 1. The highest BCUT2D eigenvalue weighted by molar-refractivity contribution is 9.10. The van der Waals surface area contributed by atoms with Crippen LogP contribution in [-0.4, -0.2) is 30.6 Å². The molecule has 1 aliphatic rings. The van der Waals surface area contributed by atoms with E-state index in [-0.39, 0.29) is 6.03 Å². The number of nitrogens with zero attached hydrogens (tertiary/aromatic N) is 2. The maximum Gasteiger partial charge on any atom is 0.324 e. The lowest BCUT2D eigenvalue weighted by molar-refractivity contribution is 0.198. The van der Waals surface area contributed by atoms with Crippen molar-refractivity contribution in [1.82, 2.24) is 4.90 Å². The van der Waals surface area contributed by atoms with Crippen molar-refractivity contribution >= 4 is 27.6 Å². The molecule has 0 saturated carbocycles. The first kappa shape index (κ1) is 11.5. The molecule has 86 valence electrons. The first-order chi connectivity index (χ1) is 7.72. The van der Waals surface area contributed by atoms with Crippen molar-refractivity contribution in [3.8, 4) is 0 Å². The van der Waals surface area contributed by atoms with Gasteiger partial charge in [0.1, 0.15) is 0 Å². The first-order valence-corrected chi connectivity index (χ1v) is 6.33. The zero-order valence-corrected chi connectivity index (χ0v) is 10.9. The second-order valence-electron chi connectivity index (χ2n) is 3.84. The Labute approximate surface area is 104 Å². The third kappa shape index (κ3) is 2.21. The Bertz CT molecular complexity index is 377. The van der Waals surface area contributed by atoms with Gasteiger partial charge in [-0.2, -0.15) is 0 Å². The monoisotopic (exact) mass is 282 g/mol. The number of halogens is 1. The average Bonchev–Trinajstić information content (AvgIpc) is 2.31. The lowest BCUT2D eigenvalue weighted by Crippen LogP contribution is -2.49. The van der Waals surface area contributed by atoms with E-state index in [1.54, 1.807) is 0 Å². The summed E-state index contributed by atoms with van der Waals surface area (Å²) in [6.07, 6.45) is 1.04. The van der Waals surface area contributed by atoms with Crippen molar-refractivity contribution in [3.05, 3.63) is 28.7 Å². The third-order valence-corrected chi connectivity index (χ3v) is 3.36. The number of rotatable bonds is 2. The summed E-state index contributed by atoms with van der Waals surface area (Å²) in [5.41, 5.74) is 0.978. The first-order valence-electron chi connectivity index (χ1n) is 5.54. The molecule has 0 spiro atoms. The molecule has 2 rings (SSSR count). The molecule has 1 heterocycles. The summed E-state index contributed by atoms with van der Waals surface area (Å²) < 4.78 is 1.04. The van der Waals surface area contributed by atoms with Crippen LogP contribution in [0.25, 0.3) is 0 Å². The maximum atomic E-state index is 12.1. The molecule has 1 aliphatic heterocycles. The predicted molar refractivity (Wildman–Crippen MR) is 68.7 cm³/mol. The van der Waals surface area contributed by atoms with E-state index >= 15 is 0 Å². The van der Waals surface area contributed by atoms with Gasteiger partial charge in [0.15, 0.2) is 0 Å². The number of urea groups is 1. The van der Waals surface area contributed by atoms with E-state index in [1.807, 2.05) is 41.0 Å². The molecule has 0 atom stereocenters. The van der Waals surface area contributed by atoms with Gasteiger partial charge in [0.2, 0.25) is 0 Å². The smallest absolute Gasteiger partial charge is 0.324 e. The van der Waals surface area contributed by atoms with Gasteiger partial charge in [0.05, 0.1) is 0 Å². The molecule has 0 aliphatic carbocycles. The molecule has 4 heteroatoms. The second-order valence-corrected chi connectivity index (χ2v) is 4.76. The quantitative estimate of drug-likeness (QED) is 0.818. The lowest BCUT2D eigenvalue weighted by Gasteiger charge is -2.35. The summed E-state index contributed by atoms with van der Waals surface area (Å²) in [6.45, 7) is 4.49. The second kappa shape index (κ2) is 4.87. The summed E-state index contributed by atoms with van der Waals surface area (Å²) in [5.74, 6) is 0. The zero-order chi connectivity index (χ0) is 11.5. The van der Waals surface area contributed by atoms with Crippen LogP contribution in [0.15, 0.2) is 28.7 Å². The number of benzene rings is 1. The lowest BCUT2D eigenvalue weighted by atomic mass is 10.2. The number of carbonyl (C=O) groups excluding carboxylic acids is 1. The molecule has 1 aromatic rings. The Morgan fingerprint density at radius 3 is 2.56 bits per heavy atom. The van der Waals surface area contributed by atoms with Gasteiger partial charge in [0, 0.05) is 29.8 Å². The average molecular weight is 283 g/mol. The fraction of sp³-hybridized carbons (Fsp3) is 0.417. The van der Waals surface area contributed by atoms with Crippen LogP contribution in [-0.2, 0) is 0 Å². The SMILES string of the molecule is CCN1CCCN(c2ccc(Br)cc2)C1=O. The highest BCUT2D eigenvalue weighted by Gasteiger charge is 2.25. The number of anilines is 1. The minimum Gasteiger partial charge on any atom is -0.325 e. The van der Waals surface area contributed by atoms with E-state index in [0.717, 1.165) is 36.2 Å². The Balaban J connectivity index is 2.20. The van der Waals surface area contributed by atoms with Gasteiger partial charge in [-0.1, -0.05) is 15.9 Å². The summed E-state index contributed by atoms with van der Waals surface area (Å²) in [7, 11) is 0. The summed E-state index contributed by atoms with van der Waals surface area (Å²) in [5, 5.41) is 0. The Kier molecular flexibility index (Phi) is 3.49. The fourth-order valence-electron chi connectivity index (χ4n) is 1.94. The number of carbonyl (C=O) groups is 1. The van der Waals surface area contributed by atoms with Crippen LogP contribution in [0.3, 0.4) is 0 Å². The standard InChI is InChI=1S/C12H15BrN2O/c1-2-14-8-3-9-15(12(14)16)11-6-4-10(13)5-7-11/h4-7H,2-3,8-9H2,1H3. The Hall–Kier alpha value is -1.03. The van der Waals surface area contributed by atoms with Crippen LogP contribution >= 0.6 is 15.9 Å². The van der Waals surface area contributed by atoms with Gasteiger partial charge in [0.25, 0.3) is 0 Å². The zero-order valence-electron chi connectivity index (χ0n) is 9.32. The van der Waals surface area contributed by atoms with Crippen molar-refractivity contribution < 1.29 is 4.79 Å². The predicted octanol–water partition coefficient (Wildman–Crippen LogP) is 3.10. The molecule has 0 bridgehead atoms. The third-order valence-electron chi connectivity index (χ3n) is 2.83. The van der Waals surface area contributed by atoms with Crippen molar-refractivity contribution in [3.63, 3.8) is 0 Å². The van der Waals surface area contributed by atoms with Crippen LogP contribution in [0.5, 0.6) is 0 Å². The number of hydrogen-bond donors (Lipinski definition) is 0. The van der Waals surface area contributed by atoms with Gasteiger partial charge < -0.3 is 4.90 Å². The minimum absolute atomic E-state index is 0.121. The Morgan fingerprint density at radius 2 is 1.94 bits per heavy atom. The van der Waals surface area contributed by atoms with Crippen LogP contribution in [0, 0.1) is 0 Å². The molecule has 0 N–H and O–H groups in total. The molecule has 0 unspecified atom stereocenters. The molecule has 3 nitrogen and oxygen atoms in total. The van der Waals surface area contributed by atoms with E-state index in [9.17, 15) is 4.79 Å². The van der Waals surface area contributed by atoms with E-state index in [2.05, 4.69) is 15.9 Å². The molecule has 16 heavy (non-hydrogen) atoms. The van der Waals surface area contributed by atoms with Gasteiger partial charge in [-0.15, -0.1) is 0 Å². The highest BCUT2D eigenvalue weighted by Crippen LogP contribution is 2.22. The van der Waals surface area contributed by atoms with E-state index in [1.165, 1.54) is 0 Å². The van der Waals surface area contributed by atoms with Crippen LogP contribution in [0.1, 0.15) is 13.3 Å². The molecular weight excluding hydrogens is 268 g/mol. The van der Waals surface area contributed by atoms with Crippen molar-refractivity contribution in [2.75, 3.05) is 24.5 Å². The van der Waals surface area contributed by atoms with Gasteiger partial charge in [-0.25, -0.2) is 4.79 Å². The molecule has 2 amide bonds. The van der Waals surface area contributed by atoms with Crippen molar-refractivity contribution in [2.24, 2.45) is 0 Å². The van der Waals surface area contributed by atoms with Crippen LogP contribution in [0.4, 0.5) is 10.5 Å². The van der Waals surface area contributed by atoms with E-state index in [0.29, 0.717) is 0 Å². The molecule has 1 fully saturated rings. The largest absolute Gasteiger partial charge is 0.325 e. The minimum atomic E-state index is 0.121. The Morgan fingerprint density at radius 1 is 1.25 bits per heavy atom. The molecule has 0 radical (unpaired) electrons. The van der Waals surface area contributed by atoms with Crippen LogP contribution < -0.4 is 4.90 Å². The molecule has 1 aromatic carbocycles. The topological polar surface area (TPSA) is 23.6 Å². The van der Waals surface area contributed by atoms with E-state index < -0.39 is 0 Å².